The van der Waals surface area contributed by atoms with Gasteiger partial charge in [0.15, 0.2) is 11.5 Å². The third kappa shape index (κ3) is 7.86. The first-order valence-corrected chi connectivity index (χ1v) is 18.3. The minimum Gasteiger partial charge on any atom is -0.493 e. The molecule has 0 aliphatic carbocycles. The Morgan fingerprint density at radius 2 is 1.55 bits per heavy atom. The summed E-state index contributed by atoms with van der Waals surface area (Å²) in [6.45, 7) is -0.611. The summed E-state index contributed by atoms with van der Waals surface area (Å²) < 4.78 is 68.2. The monoisotopic (exact) mass is 760 g/mol. The Kier molecular flexibility index (Phi) is 11.0. The zero-order chi connectivity index (χ0) is 33.6. The Bertz CT molecular complexity index is 1980. The lowest BCUT2D eigenvalue weighted by molar-refractivity contribution is -0.125. The van der Waals surface area contributed by atoms with Gasteiger partial charge in [-0.05, 0) is 64.0 Å². The van der Waals surface area contributed by atoms with Crippen LogP contribution in [0.4, 0.5) is 0 Å². The molecule has 0 aromatic heterocycles. The average Bonchev–Trinajstić information content (AvgIpc) is 3.08. The number of amides is 1. The number of piperazine rings is 1. The number of hydrazone groups is 1. The first-order chi connectivity index (χ1) is 22.5. The number of hydrogen-bond donors (Lipinski definition) is 1. The Labute approximate surface area is 287 Å². The fraction of sp³-hybridized carbons (Fsp3) is 0.188. The van der Waals surface area contributed by atoms with Crippen molar-refractivity contribution in [2.45, 2.75) is 22.4 Å². The molecule has 1 saturated heterocycles. The van der Waals surface area contributed by atoms with Gasteiger partial charge < -0.3 is 9.47 Å². The van der Waals surface area contributed by atoms with Crippen LogP contribution in [0.3, 0.4) is 0 Å². The third-order valence-electron chi connectivity index (χ3n) is 7.30. The molecule has 1 aliphatic heterocycles. The van der Waals surface area contributed by atoms with Crippen molar-refractivity contribution >= 4 is 59.7 Å². The van der Waals surface area contributed by atoms with E-state index in [1.54, 1.807) is 54.6 Å². The van der Waals surface area contributed by atoms with Crippen LogP contribution in [-0.4, -0.2) is 70.4 Å². The van der Waals surface area contributed by atoms with Gasteiger partial charge >= 0.3 is 0 Å². The van der Waals surface area contributed by atoms with Crippen LogP contribution in [0.1, 0.15) is 11.1 Å². The molecule has 0 unspecified atom stereocenters. The molecule has 1 aliphatic rings. The lowest BCUT2D eigenvalue weighted by Gasteiger charge is -2.38. The van der Waals surface area contributed by atoms with Crippen molar-refractivity contribution in [2.75, 3.05) is 26.7 Å². The van der Waals surface area contributed by atoms with Crippen LogP contribution in [0.25, 0.3) is 0 Å². The van der Waals surface area contributed by atoms with Crippen molar-refractivity contribution in [3.05, 3.63) is 118 Å². The summed E-state index contributed by atoms with van der Waals surface area (Å²) in [7, 11) is -6.69. The van der Waals surface area contributed by atoms with E-state index >= 15 is 0 Å². The van der Waals surface area contributed by atoms with Crippen LogP contribution in [0.2, 0.25) is 5.02 Å². The topological polar surface area (TPSA) is 135 Å². The van der Waals surface area contributed by atoms with E-state index in [1.807, 2.05) is 18.2 Å². The van der Waals surface area contributed by atoms with Crippen LogP contribution in [0, 0.1) is 0 Å². The number of nitrogens with zero attached hydrogens (tertiary/aromatic N) is 3. The highest BCUT2D eigenvalue weighted by Gasteiger charge is 2.43. The summed E-state index contributed by atoms with van der Waals surface area (Å²) in [5.74, 6) is 0.00473. The molecule has 0 spiro atoms. The second kappa shape index (κ2) is 15.0. The van der Waals surface area contributed by atoms with E-state index in [-0.39, 0.29) is 29.5 Å². The van der Waals surface area contributed by atoms with Crippen molar-refractivity contribution in [2.24, 2.45) is 5.10 Å². The minimum atomic E-state index is -4.16. The van der Waals surface area contributed by atoms with Gasteiger partial charge in [0.25, 0.3) is 5.91 Å². The number of hydrogen-bond acceptors (Lipinski definition) is 8. The van der Waals surface area contributed by atoms with Gasteiger partial charge in [-0.15, -0.1) is 0 Å². The molecule has 0 radical (unpaired) electrons. The largest absolute Gasteiger partial charge is 0.493 e. The van der Waals surface area contributed by atoms with E-state index in [4.69, 9.17) is 21.1 Å². The number of carbonyl (C=O) groups is 1. The molecule has 11 nitrogen and oxygen atoms in total. The van der Waals surface area contributed by atoms with Crippen LogP contribution in [0.15, 0.2) is 116 Å². The molecule has 5 rings (SSSR count). The SMILES string of the molecule is COc1cc(/C=N\NC(=O)[C@H]2CN(S(=O)(=O)c3ccccc3)CCN2S(=O)(=O)c2ccccc2)cc(Br)c1OCc1ccccc1Cl. The van der Waals surface area contributed by atoms with E-state index in [0.717, 1.165) is 14.2 Å². The van der Waals surface area contributed by atoms with Crippen molar-refractivity contribution < 1.29 is 31.1 Å². The highest BCUT2D eigenvalue weighted by Crippen LogP contribution is 2.37. The van der Waals surface area contributed by atoms with Gasteiger partial charge in [0.1, 0.15) is 12.6 Å². The standard InChI is InChI=1S/C32H30BrClN4O7S2/c1-44-30-19-23(18-27(33)31(30)45-22-24-10-8-9-15-28(24)34)20-35-36-32(39)29-21-37(46(40,41)25-11-4-2-5-12-25)16-17-38(29)47(42,43)26-13-6-3-7-14-26/h2-15,18-20,29H,16-17,21-22H2,1H3,(H,36,39)/b35-20-/t29-/m1/s1. The van der Waals surface area contributed by atoms with Gasteiger partial charge in [0.2, 0.25) is 20.0 Å². The Morgan fingerprint density at radius 1 is 0.936 bits per heavy atom. The van der Waals surface area contributed by atoms with E-state index < -0.39 is 38.5 Å². The number of carbonyl (C=O) groups excluding carboxylic acids is 1. The molecule has 1 amide bonds. The summed E-state index contributed by atoms with van der Waals surface area (Å²) in [5.41, 5.74) is 3.70. The lowest BCUT2D eigenvalue weighted by Crippen LogP contribution is -2.60. The predicted molar refractivity (Wildman–Crippen MR) is 182 cm³/mol. The van der Waals surface area contributed by atoms with E-state index in [9.17, 15) is 21.6 Å². The number of halogens is 2. The van der Waals surface area contributed by atoms with E-state index in [1.165, 1.54) is 37.6 Å². The van der Waals surface area contributed by atoms with Gasteiger partial charge in [-0.2, -0.15) is 13.7 Å². The van der Waals surface area contributed by atoms with Crippen molar-refractivity contribution in [1.29, 1.82) is 0 Å². The summed E-state index contributed by atoms with van der Waals surface area (Å²) in [6, 6.07) is 24.6. The van der Waals surface area contributed by atoms with E-state index in [2.05, 4.69) is 26.5 Å². The van der Waals surface area contributed by atoms with Crippen molar-refractivity contribution in [3.63, 3.8) is 0 Å². The van der Waals surface area contributed by atoms with Gasteiger partial charge in [0.05, 0.1) is 27.6 Å². The smallest absolute Gasteiger partial charge is 0.259 e. The lowest BCUT2D eigenvalue weighted by atomic mass is 10.2. The molecule has 246 valence electrons. The van der Waals surface area contributed by atoms with E-state index in [0.29, 0.717) is 26.6 Å². The first kappa shape index (κ1) is 34.5. The molecule has 1 fully saturated rings. The van der Waals surface area contributed by atoms with Crippen LogP contribution >= 0.6 is 27.5 Å². The average molecular weight is 762 g/mol. The molecule has 1 atom stereocenters. The van der Waals surface area contributed by atoms with Gasteiger partial charge in [-0.25, -0.2) is 22.3 Å². The van der Waals surface area contributed by atoms with Crippen molar-refractivity contribution in [3.8, 4) is 11.5 Å². The molecule has 15 heteroatoms. The number of ether oxygens (including phenoxy) is 2. The number of nitrogens with one attached hydrogen (secondary N) is 1. The zero-order valence-corrected chi connectivity index (χ0v) is 29.0. The van der Waals surface area contributed by atoms with Crippen LogP contribution in [-0.2, 0) is 31.4 Å². The maximum atomic E-state index is 13.6. The number of benzene rings is 4. The van der Waals surface area contributed by atoms with Gasteiger partial charge in [-0.1, -0.05) is 66.2 Å². The molecule has 47 heavy (non-hydrogen) atoms. The van der Waals surface area contributed by atoms with Crippen molar-refractivity contribution in [1.82, 2.24) is 14.0 Å². The van der Waals surface area contributed by atoms with Gasteiger partial charge in [0, 0.05) is 30.2 Å². The summed E-state index contributed by atoms with van der Waals surface area (Å²) >= 11 is 9.74. The minimum absolute atomic E-state index is 0.0190. The molecular formula is C32H30BrClN4O7S2. The molecule has 4 aromatic rings. The maximum absolute atomic E-state index is 13.6. The number of rotatable bonds is 11. The predicted octanol–water partition coefficient (Wildman–Crippen LogP) is 4.90. The molecular weight excluding hydrogens is 732 g/mol. The summed E-state index contributed by atoms with van der Waals surface area (Å²) in [6.07, 6.45) is 1.35. The fourth-order valence-corrected chi connectivity index (χ4v) is 8.71. The number of methoxy groups -OCH3 is 1. The molecule has 4 aromatic carbocycles. The Morgan fingerprint density at radius 3 is 2.19 bits per heavy atom. The normalized spacial score (nSPS) is 16.2. The second-order valence-corrected chi connectivity index (χ2v) is 15.4. The highest BCUT2D eigenvalue weighted by molar-refractivity contribution is 9.10. The second-order valence-electron chi connectivity index (χ2n) is 10.3. The molecule has 0 saturated carbocycles. The van der Waals surface area contributed by atoms with Crippen LogP contribution < -0.4 is 14.9 Å². The summed E-state index contributed by atoms with van der Waals surface area (Å²) in [5, 5.41) is 4.62. The molecule has 1 N–H and O–H groups in total. The van der Waals surface area contributed by atoms with Gasteiger partial charge in [-0.3, -0.25) is 4.79 Å². The molecule has 1 heterocycles. The molecule has 0 bridgehead atoms. The summed E-state index contributed by atoms with van der Waals surface area (Å²) in [4.78, 5) is 13.6. The fourth-order valence-electron chi connectivity index (χ4n) is 4.89. The Hall–Kier alpha value is -3.79. The third-order valence-corrected chi connectivity index (χ3v) is 12.1. The number of sulfonamides is 2. The highest BCUT2D eigenvalue weighted by atomic mass is 79.9. The van der Waals surface area contributed by atoms with Crippen LogP contribution in [0.5, 0.6) is 11.5 Å². The maximum Gasteiger partial charge on any atom is 0.259 e. The zero-order valence-electron chi connectivity index (χ0n) is 25.0. The quantitative estimate of drug-likeness (QED) is 0.170. The Balaban J connectivity index is 1.36. The first-order valence-electron chi connectivity index (χ1n) is 14.2.